The molecule has 2 nitrogen and oxygen atoms in total. The van der Waals surface area contributed by atoms with Crippen molar-refractivity contribution in [2.45, 2.75) is 19.3 Å². The molecule has 1 atom stereocenters. The fourth-order valence-corrected chi connectivity index (χ4v) is 1.64. The van der Waals surface area contributed by atoms with E-state index in [1.807, 2.05) is 43.3 Å². The van der Waals surface area contributed by atoms with Gasteiger partial charge in [0.2, 0.25) is 0 Å². The molecule has 0 aliphatic heterocycles. The molecule has 0 N–H and O–H groups in total. The van der Waals surface area contributed by atoms with Crippen molar-refractivity contribution in [1.29, 1.82) is 10.5 Å². The molecule has 0 bridgehead atoms. The van der Waals surface area contributed by atoms with Crippen LogP contribution in [0.25, 0.3) is 0 Å². The summed E-state index contributed by atoms with van der Waals surface area (Å²) in [4.78, 5) is 0. The Morgan fingerprint density at radius 1 is 1.33 bits per heavy atom. The molecule has 0 aliphatic carbocycles. The van der Waals surface area contributed by atoms with Gasteiger partial charge in [0.05, 0.1) is 12.1 Å². The van der Waals surface area contributed by atoms with Gasteiger partial charge in [-0.3, -0.25) is 0 Å². The predicted molar refractivity (Wildman–Crippen MR) is 59.2 cm³/mol. The number of nitriles is 2. The number of nitrogens with zero attached hydrogens (tertiary/aromatic N) is 2. The molecule has 0 heterocycles. The lowest BCUT2D eigenvalue weighted by Crippen LogP contribution is -2.01. The Labute approximate surface area is 94.7 Å². The van der Waals surface area contributed by atoms with Crippen LogP contribution in [-0.2, 0) is 0 Å². The monoisotopic (exact) mass is 218 g/mol. The molecule has 0 fully saturated rings. The van der Waals surface area contributed by atoms with Crippen molar-refractivity contribution in [3.8, 4) is 12.1 Å². The molecule has 0 aromatic heterocycles. The van der Waals surface area contributed by atoms with E-state index in [-0.39, 0.29) is 5.92 Å². The van der Waals surface area contributed by atoms with Crippen molar-refractivity contribution in [3.63, 3.8) is 0 Å². The van der Waals surface area contributed by atoms with E-state index >= 15 is 0 Å². The molecule has 0 spiro atoms. The first-order valence-electron chi connectivity index (χ1n) is 4.72. The van der Waals surface area contributed by atoms with Crippen LogP contribution in [0.2, 0.25) is 5.02 Å². The lowest BCUT2D eigenvalue weighted by Gasteiger charge is -2.11. The van der Waals surface area contributed by atoms with Crippen LogP contribution in [0.3, 0.4) is 0 Å². The summed E-state index contributed by atoms with van der Waals surface area (Å²) in [6.07, 6.45) is 0.549. The highest BCUT2D eigenvalue weighted by Crippen LogP contribution is 2.24. The first-order valence-corrected chi connectivity index (χ1v) is 5.10. The summed E-state index contributed by atoms with van der Waals surface area (Å²) in [5.74, 6) is -0.369. The second-order valence-electron chi connectivity index (χ2n) is 3.50. The van der Waals surface area contributed by atoms with E-state index in [4.69, 9.17) is 22.1 Å². The van der Waals surface area contributed by atoms with Gasteiger partial charge in [0.15, 0.2) is 0 Å². The van der Waals surface area contributed by atoms with E-state index in [1.165, 1.54) is 0 Å². The summed E-state index contributed by atoms with van der Waals surface area (Å²) < 4.78 is 0. The summed E-state index contributed by atoms with van der Waals surface area (Å²) in [7, 11) is 0. The fourth-order valence-electron chi connectivity index (χ4n) is 1.44. The summed E-state index contributed by atoms with van der Waals surface area (Å²) in [5, 5.41) is 18.0. The third kappa shape index (κ3) is 3.27. The highest BCUT2D eigenvalue weighted by Gasteiger charge is 2.13. The van der Waals surface area contributed by atoms with Crippen molar-refractivity contribution in [1.82, 2.24) is 0 Å². The Hall–Kier alpha value is -1.51. The van der Waals surface area contributed by atoms with Crippen molar-refractivity contribution in [2.24, 2.45) is 5.92 Å². The summed E-state index contributed by atoms with van der Waals surface area (Å²) >= 11 is 5.86. The summed E-state index contributed by atoms with van der Waals surface area (Å²) in [5.41, 5.74) is 1.07. The van der Waals surface area contributed by atoms with Gasteiger partial charge < -0.3 is 0 Å². The molecule has 1 unspecified atom stereocenters. The van der Waals surface area contributed by atoms with E-state index in [0.717, 1.165) is 5.56 Å². The third-order valence-corrected chi connectivity index (χ3v) is 2.55. The lowest BCUT2D eigenvalue weighted by atomic mass is 9.92. The molecule has 76 valence electrons. The maximum atomic E-state index is 8.68. The first-order chi connectivity index (χ1) is 7.17. The van der Waals surface area contributed by atoms with Gasteiger partial charge in [0.1, 0.15) is 5.92 Å². The zero-order valence-corrected chi connectivity index (χ0v) is 9.20. The molecule has 1 rings (SSSR count). The molecule has 0 saturated carbocycles. The summed E-state index contributed by atoms with van der Waals surface area (Å²) in [6.45, 7) is 1.99. The third-order valence-electron chi connectivity index (χ3n) is 2.32. The molecule has 1 aromatic carbocycles. The van der Waals surface area contributed by atoms with Crippen LogP contribution in [0.15, 0.2) is 24.3 Å². The molecular weight excluding hydrogens is 208 g/mol. The Bertz CT molecular complexity index is 400. The Morgan fingerprint density at radius 2 is 2.00 bits per heavy atom. The molecule has 0 aliphatic rings. The normalized spacial score (nSPS) is 11.8. The predicted octanol–water partition coefficient (Wildman–Crippen LogP) is 3.50. The zero-order chi connectivity index (χ0) is 11.3. The van der Waals surface area contributed by atoms with Gasteiger partial charge in [-0.2, -0.15) is 10.5 Å². The fraction of sp³-hybridized carbons (Fsp3) is 0.333. The highest BCUT2D eigenvalue weighted by molar-refractivity contribution is 6.30. The molecule has 0 radical (unpaired) electrons. The second kappa shape index (κ2) is 5.39. The summed E-state index contributed by atoms with van der Waals surface area (Å²) in [6, 6.07) is 11.5. The number of hydrogen-bond donors (Lipinski definition) is 0. The van der Waals surface area contributed by atoms with E-state index in [0.29, 0.717) is 11.4 Å². The SMILES string of the molecule is CC(CC(C#N)C#N)c1cccc(Cl)c1. The quantitative estimate of drug-likeness (QED) is 0.780. The van der Waals surface area contributed by atoms with E-state index in [9.17, 15) is 0 Å². The largest absolute Gasteiger partial charge is 0.197 e. The number of benzene rings is 1. The molecule has 1 aromatic rings. The standard InChI is InChI=1S/C12H11ClN2/c1-9(5-10(7-14)8-15)11-3-2-4-12(13)6-11/h2-4,6,9-10H,5H2,1H3. The number of halogens is 1. The van der Waals surface area contributed by atoms with Gasteiger partial charge >= 0.3 is 0 Å². The van der Waals surface area contributed by atoms with E-state index in [2.05, 4.69) is 0 Å². The Kier molecular flexibility index (Phi) is 4.16. The second-order valence-corrected chi connectivity index (χ2v) is 3.94. The average molecular weight is 219 g/mol. The van der Waals surface area contributed by atoms with Crippen LogP contribution in [0.5, 0.6) is 0 Å². The number of rotatable bonds is 3. The van der Waals surface area contributed by atoms with Gasteiger partial charge in [0.25, 0.3) is 0 Å². The maximum absolute atomic E-state index is 8.68. The van der Waals surface area contributed by atoms with E-state index < -0.39 is 5.92 Å². The van der Waals surface area contributed by atoms with Crippen LogP contribution in [0, 0.1) is 28.6 Å². The van der Waals surface area contributed by atoms with Crippen molar-refractivity contribution < 1.29 is 0 Å². The van der Waals surface area contributed by atoms with E-state index in [1.54, 1.807) is 0 Å². The average Bonchev–Trinajstić information content (AvgIpc) is 2.25. The topological polar surface area (TPSA) is 47.6 Å². The molecule has 3 heteroatoms. The van der Waals surface area contributed by atoms with Crippen molar-refractivity contribution in [2.75, 3.05) is 0 Å². The Balaban J connectivity index is 2.74. The van der Waals surface area contributed by atoms with Crippen LogP contribution in [-0.4, -0.2) is 0 Å². The zero-order valence-electron chi connectivity index (χ0n) is 8.44. The highest BCUT2D eigenvalue weighted by atomic mass is 35.5. The van der Waals surface area contributed by atoms with Crippen LogP contribution < -0.4 is 0 Å². The minimum Gasteiger partial charge on any atom is -0.197 e. The Morgan fingerprint density at radius 3 is 2.53 bits per heavy atom. The van der Waals surface area contributed by atoms with Gasteiger partial charge in [-0.1, -0.05) is 30.7 Å². The molecule has 15 heavy (non-hydrogen) atoms. The minimum absolute atomic E-state index is 0.174. The first kappa shape index (κ1) is 11.6. The van der Waals surface area contributed by atoms with Crippen molar-refractivity contribution >= 4 is 11.6 Å². The molecular formula is C12H11ClN2. The maximum Gasteiger partial charge on any atom is 0.133 e. The van der Waals surface area contributed by atoms with Crippen LogP contribution >= 0.6 is 11.6 Å². The van der Waals surface area contributed by atoms with Crippen molar-refractivity contribution in [3.05, 3.63) is 34.9 Å². The van der Waals surface area contributed by atoms with Crippen LogP contribution in [0.1, 0.15) is 24.8 Å². The number of hydrogen-bond acceptors (Lipinski definition) is 2. The molecule has 0 amide bonds. The van der Waals surface area contributed by atoms with Gasteiger partial charge in [-0.15, -0.1) is 0 Å². The minimum atomic E-state index is -0.543. The molecule has 0 saturated heterocycles. The van der Waals surface area contributed by atoms with Gasteiger partial charge in [0, 0.05) is 5.02 Å². The van der Waals surface area contributed by atoms with Crippen LogP contribution in [0.4, 0.5) is 0 Å². The van der Waals surface area contributed by atoms with Gasteiger partial charge in [-0.05, 0) is 30.0 Å². The van der Waals surface area contributed by atoms with Gasteiger partial charge in [-0.25, -0.2) is 0 Å². The lowest BCUT2D eigenvalue weighted by molar-refractivity contribution is 0.624. The smallest absolute Gasteiger partial charge is 0.133 e.